The van der Waals surface area contributed by atoms with E-state index in [0.717, 1.165) is 0 Å². The van der Waals surface area contributed by atoms with Gasteiger partial charge in [-0.05, 0) is 36.2 Å². The van der Waals surface area contributed by atoms with Gasteiger partial charge in [0.1, 0.15) is 11.4 Å². The highest BCUT2D eigenvalue weighted by Gasteiger charge is 2.65. The van der Waals surface area contributed by atoms with Gasteiger partial charge in [0, 0.05) is 26.9 Å². The lowest BCUT2D eigenvalue weighted by atomic mass is 9.77. The van der Waals surface area contributed by atoms with Gasteiger partial charge in [-0.2, -0.15) is 0 Å². The minimum atomic E-state index is -1.41. The van der Waals surface area contributed by atoms with E-state index < -0.39 is 5.54 Å². The molecule has 3 aliphatic rings. The molecule has 9 heteroatoms. The van der Waals surface area contributed by atoms with E-state index in [9.17, 15) is 9.59 Å². The maximum absolute atomic E-state index is 13.8. The fourth-order valence-corrected chi connectivity index (χ4v) is 5.13. The Kier molecular flexibility index (Phi) is 4.48. The molecule has 5 rings (SSSR count). The van der Waals surface area contributed by atoms with Crippen LogP contribution in [-0.2, 0) is 15.1 Å². The molecule has 0 radical (unpaired) electrons. The average molecular weight is 459 g/mol. The quantitative estimate of drug-likeness (QED) is 0.654. The van der Waals surface area contributed by atoms with E-state index >= 15 is 0 Å². The monoisotopic (exact) mass is 458 g/mol. The number of hydrogen-bond donors (Lipinski definition) is 3. The van der Waals surface area contributed by atoms with Crippen LogP contribution in [0.15, 0.2) is 47.7 Å². The first-order valence-electron chi connectivity index (χ1n) is 9.86. The maximum atomic E-state index is 13.8. The van der Waals surface area contributed by atoms with Gasteiger partial charge in [-0.15, -0.1) is 0 Å². The molecule has 2 atom stereocenters. The van der Waals surface area contributed by atoms with Crippen molar-refractivity contribution in [2.24, 2.45) is 5.92 Å². The molecule has 160 valence electrons. The molecule has 3 aliphatic heterocycles. The summed E-state index contributed by atoms with van der Waals surface area (Å²) in [6.45, 7) is 4.07. The van der Waals surface area contributed by atoms with Crippen LogP contribution < -0.4 is 25.8 Å². The second-order valence-corrected chi connectivity index (χ2v) is 8.96. The van der Waals surface area contributed by atoms with Crippen molar-refractivity contribution in [3.63, 3.8) is 0 Å². The number of benzene rings is 2. The Bertz CT molecular complexity index is 1180. The summed E-state index contributed by atoms with van der Waals surface area (Å²) in [5.41, 5.74) is 7.46. The van der Waals surface area contributed by atoms with E-state index in [1.807, 2.05) is 13.8 Å². The number of hydrazine groups is 1. The number of rotatable bonds is 3. The van der Waals surface area contributed by atoms with Crippen molar-refractivity contribution in [2.45, 2.75) is 25.4 Å². The molecule has 0 saturated carbocycles. The number of anilines is 2. The molecule has 2 aromatic rings. The summed E-state index contributed by atoms with van der Waals surface area (Å²) in [5.74, 6) is -0.136. The number of methoxy groups -OCH3 is 1. The molecule has 1 spiro atoms. The SMILES string of the molecule is COc1ccc(Cl)cc1N1C(=O)C2=C(C(C(C)C)NN2)C12C(=O)Nc1cc(Cl)ccc12. The van der Waals surface area contributed by atoms with Crippen LogP contribution in [0.4, 0.5) is 11.4 Å². The third kappa shape index (κ3) is 2.57. The molecule has 0 aliphatic carbocycles. The Labute approximate surface area is 189 Å². The summed E-state index contributed by atoms with van der Waals surface area (Å²) in [6, 6.07) is 9.96. The van der Waals surface area contributed by atoms with Crippen LogP contribution in [0.25, 0.3) is 0 Å². The van der Waals surface area contributed by atoms with Gasteiger partial charge >= 0.3 is 0 Å². The number of nitrogens with zero attached hydrogens (tertiary/aromatic N) is 1. The Balaban J connectivity index is 1.85. The minimum absolute atomic E-state index is 0.107. The van der Waals surface area contributed by atoms with E-state index in [0.29, 0.717) is 44.0 Å². The second-order valence-electron chi connectivity index (χ2n) is 8.09. The van der Waals surface area contributed by atoms with Crippen LogP contribution in [0.5, 0.6) is 5.75 Å². The molecular weight excluding hydrogens is 439 g/mol. The summed E-state index contributed by atoms with van der Waals surface area (Å²) in [6.07, 6.45) is 0. The van der Waals surface area contributed by atoms with Crippen molar-refractivity contribution in [1.82, 2.24) is 10.9 Å². The highest BCUT2D eigenvalue weighted by molar-refractivity contribution is 6.32. The smallest absolute Gasteiger partial charge is 0.277 e. The van der Waals surface area contributed by atoms with Gasteiger partial charge < -0.3 is 15.5 Å². The Morgan fingerprint density at radius 1 is 1.10 bits per heavy atom. The van der Waals surface area contributed by atoms with Gasteiger partial charge in [0.25, 0.3) is 11.8 Å². The number of ether oxygens (including phenoxy) is 1. The molecule has 31 heavy (non-hydrogen) atoms. The third-order valence-electron chi connectivity index (χ3n) is 6.07. The summed E-state index contributed by atoms with van der Waals surface area (Å²) in [7, 11) is 1.51. The van der Waals surface area contributed by atoms with Crippen LogP contribution in [0, 0.1) is 5.92 Å². The van der Waals surface area contributed by atoms with Gasteiger partial charge in [-0.1, -0.05) is 43.1 Å². The first-order chi connectivity index (χ1) is 14.8. The zero-order valence-electron chi connectivity index (χ0n) is 17.0. The number of carbonyl (C=O) groups excluding carboxylic acids is 2. The van der Waals surface area contributed by atoms with E-state index in [1.165, 1.54) is 12.0 Å². The molecule has 3 N–H and O–H groups in total. The molecule has 7 nitrogen and oxygen atoms in total. The van der Waals surface area contributed by atoms with Crippen molar-refractivity contribution in [1.29, 1.82) is 0 Å². The molecule has 0 fully saturated rings. The molecule has 2 unspecified atom stereocenters. The summed E-state index contributed by atoms with van der Waals surface area (Å²) in [5, 5.41) is 3.85. The van der Waals surface area contributed by atoms with E-state index in [1.54, 1.807) is 36.4 Å². The topological polar surface area (TPSA) is 82.7 Å². The Hall–Kier alpha value is -2.74. The standard InChI is InChI=1S/C22H20Cl2N4O3/c1-10(2)18-17-19(27-26-18)20(29)28(15-9-12(24)5-7-16(15)31-3)22(17)13-6-4-11(23)8-14(13)25-21(22)30/h4-10,18,26-27H,1-3H3,(H,25,30). The summed E-state index contributed by atoms with van der Waals surface area (Å²) in [4.78, 5) is 29.0. The van der Waals surface area contributed by atoms with Crippen LogP contribution in [0.3, 0.4) is 0 Å². The summed E-state index contributed by atoms with van der Waals surface area (Å²) < 4.78 is 5.54. The van der Waals surface area contributed by atoms with Crippen LogP contribution in [0.2, 0.25) is 10.0 Å². The second kappa shape index (κ2) is 6.88. The van der Waals surface area contributed by atoms with E-state index in [2.05, 4.69) is 16.2 Å². The first kappa shape index (κ1) is 20.2. The van der Waals surface area contributed by atoms with Gasteiger partial charge in [-0.25, -0.2) is 5.43 Å². The predicted molar refractivity (Wildman–Crippen MR) is 119 cm³/mol. The molecule has 0 bridgehead atoms. The lowest BCUT2D eigenvalue weighted by molar-refractivity contribution is -0.123. The number of fused-ring (bicyclic) bond motifs is 3. The average Bonchev–Trinajstić information content (AvgIpc) is 3.35. The van der Waals surface area contributed by atoms with Gasteiger partial charge in [0.2, 0.25) is 0 Å². The molecule has 0 saturated heterocycles. The third-order valence-corrected chi connectivity index (χ3v) is 6.54. The summed E-state index contributed by atoms with van der Waals surface area (Å²) >= 11 is 12.5. The van der Waals surface area contributed by atoms with Crippen molar-refractivity contribution in [3.05, 3.63) is 63.3 Å². The largest absolute Gasteiger partial charge is 0.495 e. The fraction of sp³-hybridized carbons (Fsp3) is 0.273. The van der Waals surface area contributed by atoms with Crippen LogP contribution in [0.1, 0.15) is 19.4 Å². The van der Waals surface area contributed by atoms with E-state index in [-0.39, 0.29) is 23.8 Å². The van der Waals surface area contributed by atoms with E-state index in [4.69, 9.17) is 27.9 Å². The zero-order chi connectivity index (χ0) is 22.1. The first-order valence-corrected chi connectivity index (χ1v) is 10.6. The minimum Gasteiger partial charge on any atom is -0.495 e. The molecule has 3 heterocycles. The van der Waals surface area contributed by atoms with Crippen molar-refractivity contribution >= 4 is 46.4 Å². The predicted octanol–water partition coefficient (Wildman–Crippen LogP) is 3.58. The van der Waals surface area contributed by atoms with Crippen LogP contribution in [-0.4, -0.2) is 25.0 Å². The lowest BCUT2D eigenvalue weighted by Gasteiger charge is -2.39. The number of hydrogen-bond acceptors (Lipinski definition) is 5. The van der Waals surface area contributed by atoms with Gasteiger partial charge in [0.05, 0.1) is 18.8 Å². The normalized spacial score (nSPS) is 24.1. The molecular formula is C22H20Cl2N4O3. The highest BCUT2D eigenvalue weighted by Crippen LogP contribution is 2.56. The van der Waals surface area contributed by atoms with Gasteiger partial charge in [0.15, 0.2) is 5.54 Å². The molecule has 2 amide bonds. The molecule has 0 aromatic heterocycles. The highest BCUT2D eigenvalue weighted by atomic mass is 35.5. The fourth-order valence-electron chi connectivity index (χ4n) is 4.79. The number of nitrogens with one attached hydrogen (secondary N) is 3. The van der Waals surface area contributed by atoms with Crippen molar-refractivity contribution < 1.29 is 14.3 Å². The maximum Gasteiger partial charge on any atom is 0.277 e. The number of carbonyl (C=O) groups is 2. The Morgan fingerprint density at radius 2 is 1.81 bits per heavy atom. The zero-order valence-corrected chi connectivity index (χ0v) is 18.6. The number of halogens is 2. The molecule has 2 aromatic carbocycles. The van der Waals surface area contributed by atoms with Crippen LogP contribution >= 0.6 is 23.2 Å². The lowest BCUT2D eigenvalue weighted by Crippen LogP contribution is -2.56. The van der Waals surface area contributed by atoms with Gasteiger partial charge in [-0.3, -0.25) is 14.5 Å². The van der Waals surface area contributed by atoms with Crippen molar-refractivity contribution in [2.75, 3.05) is 17.3 Å². The Morgan fingerprint density at radius 3 is 2.52 bits per heavy atom. The number of amides is 2. The van der Waals surface area contributed by atoms with Crippen molar-refractivity contribution in [3.8, 4) is 5.75 Å².